The van der Waals surface area contributed by atoms with Gasteiger partial charge < -0.3 is 15.0 Å². The highest BCUT2D eigenvalue weighted by Crippen LogP contribution is 2.56. The Morgan fingerprint density at radius 3 is 2.58 bits per heavy atom. The number of nitrogens with zero attached hydrogens (tertiary/aromatic N) is 3. The first kappa shape index (κ1) is 23.1. The van der Waals surface area contributed by atoms with Gasteiger partial charge in [-0.05, 0) is 37.7 Å². The van der Waals surface area contributed by atoms with E-state index < -0.39 is 10.8 Å². The monoisotopic (exact) mass is 486 g/mol. The lowest BCUT2D eigenvalue weighted by molar-refractivity contribution is -0.139. The van der Waals surface area contributed by atoms with Gasteiger partial charge in [-0.1, -0.05) is 41.9 Å². The van der Waals surface area contributed by atoms with Crippen molar-refractivity contribution in [3.8, 4) is 5.75 Å². The number of para-hydroxylation sites is 2. The molecule has 1 N–H and O–H groups in total. The number of nitrogens with one attached hydrogen (secondary N) is 1. The first-order valence-corrected chi connectivity index (χ1v) is 11.6. The molecule has 172 valence electrons. The van der Waals surface area contributed by atoms with E-state index in [4.69, 9.17) is 16.3 Å². The zero-order valence-corrected chi connectivity index (χ0v) is 20.2. The number of benzene rings is 2. The number of fused-ring (bicyclic) bond motifs is 2. The van der Waals surface area contributed by atoms with E-state index in [1.54, 1.807) is 23.1 Å². The maximum absolute atomic E-state index is 14.0. The lowest BCUT2D eigenvalue weighted by Gasteiger charge is -2.29. The number of carbonyl (C=O) groups excluding carboxylic acids is 3. The third-order valence-corrected chi connectivity index (χ3v) is 6.68. The van der Waals surface area contributed by atoms with E-state index >= 15 is 0 Å². The van der Waals surface area contributed by atoms with Gasteiger partial charge >= 0.3 is 0 Å². The SMILES string of the molecule is CC(=O)NC1=NN(C(C)=O)C2(S1)C(=O)N(Cc1ccccc1OC(C)C)c1c(Cl)cccc12. The highest BCUT2D eigenvalue weighted by Gasteiger charge is 2.61. The van der Waals surface area contributed by atoms with Crippen LogP contribution in [0.3, 0.4) is 0 Å². The number of carbonyl (C=O) groups is 3. The molecule has 2 aromatic carbocycles. The quantitative estimate of drug-likeness (QED) is 0.709. The third kappa shape index (κ3) is 3.95. The van der Waals surface area contributed by atoms with Gasteiger partial charge in [0, 0.05) is 25.0 Å². The van der Waals surface area contributed by atoms with Crippen LogP contribution in [0.5, 0.6) is 5.75 Å². The lowest BCUT2D eigenvalue weighted by Crippen LogP contribution is -2.48. The van der Waals surface area contributed by atoms with Crippen LogP contribution in [0.25, 0.3) is 0 Å². The summed E-state index contributed by atoms with van der Waals surface area (Å²) < 4.78 is 5.94. The van der Waals surface area contributed by atoms with E-state index in [2.05, 4.69) is 10.4 Å². The molecule has 2 aliphatic rings. The number of anilines is 1. The third-order valence-electron chi connectivity index (χ3n) is 5.14. The number of halogens is 1. The van der Waals surface area contributed by atoms with Crippen molar-refractivity contribution in [2.24, 2.45) is 5.10 Å². The lowest BCUT2D eigenvalue weighted by atomic mass is 10.1. The summed E-state index contributed by atoms with van der Waals surface area (Å²) in [5.41, 5.74) is 1.83. The van der Waals surface area contributed by atoms with Crippen LogP contribution in [-0.4, -0.2) is 34.0 Å². The molecule has 1 atom stereocenters. The Balaban J connectivity index is 1.82. The summed E-state index contributed by atoms with van der Waals surface area (Å²) in [6, 6.07) is 12.7. The van der Waals surface area contributed by atoms with E-state index in [1.807, 2.05) is 38.1 Å². The molecule has 1 spiro atoms. The standard InChI is InChI=1S/C23H23ClN4O4S/c1-13(2)32-19-11-6-5-8-16(19)12-27-20-17(9-7-10-18(20)24)23(21(27)31)28(15(4)30)26-22(33-23)25-14(3)29/h5-11,13H,12H2,1-4H3,(H,25,26,29). The predicted octanol–water partition coefficient (Wildman–Crippen LogP) is 3.83. The molecule has 8 nitrogen and oxygen atoms in total. The molecule has 0 bridgehead atoms. The average Bonchev–Trinajstić information content (AvgIpc) is 3.22. The van der Waals surface area contributed by atoms with Gasteiger partial charge in [-0.2, -0.15) is 5.01 Å². The van der Waals surface area contributed by atoms with Gasteiger partial charge in [-0.15, -0.1) is 5.10 Å². The van der Waals surface area contributed by atoms with Crippen LogP contribution < -0.4 is 15.0 Å². The Labute approximate surface area is 200 Å². The minimum atomic E-state index is -1.50. The molecule has 0 fully saturated rings. The molecule has 4 rings (SSSR count). The summed E-state index contributed by atoms with van der Waals surface area (Å²) in [4.78, 5) is 38.3. The van der Waals surface area contributed by atoms with Crippen LogP contribution in [0.1, 0.15) is 38.8 Å². The largest absolute Gasteiger partial charge is 0.491 e. The number of rotatable bonds is 4. The smallest absolute Gasteiger partial charge is 0.271 e. The Morgan fingerprint density at radius 2 is 1.91 bits per heavy atom. The maximum atomic E-state index is 14.0. The number of amides is 3. The van der Waals surface area contributed by atoms with Gasteiger partial charge in [0.25, 0.3) is 5.91 Å². The molecule has 0 radical (unpaired) electrons. The van der Waals surface area contributed by atoms with Gasteiger partial charge in [-0.25, -0.2) is 0 Å². The molecule has 0 saturated heterocycles. The summed E-state index contributed by atoms with van der Waals surface area (Å²) >= 11 is 7.60. The molecular weight excluding hydrogens is 464 g/mol. The summed E-state index contributed by atoms with van der Waals surface area (Å²) in [5.74, 6) is -0.510. The van der Waals surface area contributed by atoms with E-state index in [0.717, 1.165) is 22.3 Å². The molecule has 2 aromatic rings. The Hall–Kier alpha value is -3.04. The van der Waals surface area contributed by atoms with Crippen LogP contribution in [-0.2, 0) is 25.8 Å². The van der Waals surface area contributed by atoms with Crippen molar-refractivity contribution in [1.82, 2.24) is 10.3 Å². The average molecular weight is 487 g/mol. The van der Waals surface area contributed by atoms with Gasteiger partial charge in [0.1, 0.15) is 5.75 Å². The van der Waals surface area contributed by atoms with Crippen molar-refractivity contribution in [1.29, 1.82) is 0 Å². The van der Waals surface area contributed by atoms with Crippen LogP contribution >= 0.6 is 23.4 Å². The van der Waals surface area contributed by atoms with Crippen molar-refractivity contribution in [3.63, 3.8) is 0 Å². The van der Waals surface area contributed by atoms with Gasteiger partial charge in [0.05, 0.1) is 23.4 Å². The van der Waals surface area contributed by atoms with E-state index in [0.29, 0.717) is 22.0 Å². The number of hydrogen-bond acceptors (Lipinski definition) is 6. The van der Waals surface area contributed by atoms with Gasteiger partial charge in [0.2, 0.25) is 16.7 Å². The molecular formula is C23H23ClN4O4S. The summed E-state index contributed by atoms with van der Waals surface area (Å²) in [7, 11) is 0. The van der Waals surface area contributed by atoms with Crippen molar-refractivity contribution >= 4 is 51.9 Å². The van der Waals surface area contributed by atoms with Crippen molar-refractivity contribution in [2.75, 3.05) is 4.90 Å². The zero-order chi connectivity index (χ0) is 23.9. The minimum absolute atomic E-state index is 0.0464. The molecule has 0 saturated carbocycles. The van der Waals surface area contributed by atoms with Gasteiger partial charge in [0.15, 0.2) is 5.17 Å². The molecule has 0 aliphatic carbocycles. The molecule has 2 heterocycles. The fourth-order valence-electron chi connectivity index (χ4n) is 3.95. The topological polar surface area (TPSA) is 91.3 Å². The zero-order valence-electron chi connectivity index (χ0n) is 18.6. The fourth-order valence-corrected chi connectivity index (χ4v) is 5.55. The van der Waals surface area contributed by atoms with Crippen LogP contribution in [0, 0.1) is 0 Å². The fraction of sp³-hybridized carbons (Fsp3) is 0.304. The summed E-state index contributed by atoms with van der Waals surface area (Å²) in [5, 5.41) is 8.52. The van der Waals surface area contributed by atoms with Crippen molar-refractivity contribution < 1.29 is 19.1 Å². The van der Waals surface area contributed by atoms with Crippen molar-refractivity contribution in [2.45, 2.75) is 45.2 Å². The number of hydrazone groups is 1. The van der Waals surface area contributed by atoms with E-state index in [9.17, 15) is 14.4 Å². The van der Waals surface area contributed by atoms with E-state index in [-0.39, 0.29) is 29.6 Å². The first-order valence-electron chi connectivity index (χ1n) is 10.4. The molecule has 10 heteroatoms. The second-order valence-electron chi connectivity index (χ2n) is 7.96. The number of thioether (sulfide) groups is 1. The Morgan fingerprint density at radius 1 is 1.18 bits per heavy atom. The maximum Gasteiger partial charge on any atom is 0.271 e. The molecule has 2 aliphatic heterocycles. The minimum Gasteiger partial charge on any atom is -0.491 e. The number of hydrogen-bond donors (Lipinski definition) is 1. The Kier molecular flexibility index (Phi) is 6.11. The van der Waals surface area contributed by atoms with E-state index in [1.165, 1.54) is 13.8 Å². The first-order chi connectivity index (χ1) is 15.6. The summed E-state index contributed by atoms with van der Waals surface area (Å²) in [6.45, 7) is 6.71. The molecule has 0 aromatic heterocycles. The normalized spacial score (nSPS) is 19.2. The summed E-state index contributed by atoms with van der Waals surface area (Å²) in [6.07, 6.45) is -0.0464. The van der Waals surface area contributed by atoms with Crippen LogP contribution in [0.2, 0.25) is 5.02 Å². The Bertz CT molecular complexity index is 1180. The number of amidine groups is 1. The molecule has 1 unspecified atom stereocenters. The van der Waals surface area contributed by atoms with Gasteiger partial charge in [-0.3, -0.25) is 14.4 Å². The number of ether oxygens (including phenoxy) is 1. The molecule has 33 heavy (non-hydrogen) atoms. The highest BCUT2D eigenvalue weighted by atomic mass is 35.5. The second kappa shape index (κ2) is 8.72. The van der Waals surface area contributed by atoms with Crippen LogP contribution in [0.4, 0.5) is 5.69 Å². The predicted molar refractivity (Wildman–Crippen MR) is 128 cm³/mol. The van der Waals surface area contributed by atoms with Crippen LogP contribution in [0.15, 0.2) is 47.6 Å². The second-order valence-corrected chi connectivity index (χ2v) is 9.55. The molecule has 3 amide bonds. The van der Waals surface area contributed by atoms with Crippen molar-refractivity contribution in [3.05, 3.63) is 58.6 Å². The highest BCUT2D eigenvalue weighted by molar-refractivity contribution is 8.15.